The number of H-pyrrole nitrogens is 1. The first-order valence-corrected chi connectivity index (χ1v) is 7.69. The summed E-state index contributed by atoms with van der Waals surface area (Å²) in [4.78, 5) is 0.190. The molecule has 0 aliphatic heterocycles. The summed E-state index contributed by atoms with van der Waals surface area (Å²) in [6.45, 7) is 0. The standard InChI is InChI=1S/C13H15N3O2S/c17-19(18,13-8-14-15-9-13)16-12-6-11(7-12)10-4-2-1-3-5-10/h1-5,8-9,11-12,16H,6-7H2,(H,14,15). The molecule has 0 unspecified atom stereocenters. The summed E-state index contributed by atoms with van der Waals surface area (Å²) in [5.74, 6) is 0.457. The minimum atomic E-state index is -3.43. The second-order valence-electron chi connectivity index (χ2n) is 4.83. The number of sulfonamides is 1. The van der Waals surface area contributed by atoms with Gasteiger partial charge in [-0.3, -0.25) is 5.10 Å². The Morgan fingerprint density at radius 3 is 2.58 bits per heavy atom. The van der Waals surface area contributed by atoms with Gasteiger partial charge >= 0.3 is 0 Å². The lowest BCUT2D eigenvalue weighted by molar-refractivity contribution is 0.326. The van der Waals surface area contributed by atoms with E-state index < -0.39 is 10.0 Å². The summed E-state index contributed by atoms with van der Waals surface area (Å²) in [5.41, 5.74) is 1.28. The lowest BCUT2D eigenvalue weighted by atomic mass is 9.76. The van der Waals surface area contributed by atoms with Crippen LogP contribution in [-0.4, -0.2) is 24.7 Å². The van der Waals surface area contributed by atoms with E-state index in [9.17, 15) is 8.42 Å². The molecule has 1 saturated carbocycles. The van der Waals surface area contributed by atoms with E-state index in [4.69, 9.17) is 0 Å². The fourth-order valence-electron chi connectivity index (χ4n) is 2.38. The molecule has 1 fully saturated rings. The van der Waals surface area contributed by atoms with Gasteiger partial charge in [0.15, 0.2) is 0 Å². The first-order chi connectivity index (χ1) is 9.15. The predicted octanol–water partition coefficient (Wildman–Crippen LogP) is 1.63. The Balaban J connectivity index is 1.61. The van der Waals surface area contributed by atoms with Gasteiger partial charge in [0, 0.05) is 12.2 Å². The van der Waals surface area contributed by atoms with Gasteiger partial charge < -0.3 is 0 Å². The van der Waals surface area contributed by atoms with Crippen molar-refractivity contribution in [1.29, 1.82) is 0 Å². The van der Waals surface area contributed by atoms with E-state index in [-0.39, 0.29) is 10.9 Å². The van der Waals surface area contributed by atoms with Crippen LogP contribution in [0.15, 0.2) is 47.6 Å². The second kappa shape index (κ2) is 4.79. The zero-order chi connectivity index (χ0) is 13.3. The molecular formula is C13H15N3O2S. The molecule has 5 nitrogen and oxygen atoms in total. The predicted molar refractivity (Wildman–Crippen MR) is 71.1 cm³/mol. The highest BCUT2D eigenvalue weighted by atomic mass is 32.2. The van der Waals surface area contributed by atoms with E-state index in [1.807, 2.05) is 18.2 Å². The fraction of sp³-hybridized carbons (Fsp3) is 0.308. The van der Waals surface area contributed by atoms with Gasteiger partial charge in [-0.15, -0.1) is 0 Å². The maximum Gasteiger partial charge on any atom is 0.243 e. The molecule has 1 heterocycles. The average molecular weight is 277 g/mol. The van der Waals surface area contributed by atoms with Crippen molar-refractivity contribution in [3.8, 4) is 0 Å². The molecular weight excluding hydrogens is 262 g/mol. The lowest BCUT2D eigenvalue weighted by Crippen LogP contribution is -2.43. The monoisotopic (exact) mass is 277 g/mol. The number of nitrogens with zero attached hydrogens (tertiary/aromatic N) is 1. The van der Waals surface area contributed by atoms with Crippen molar-refractivity contribution >= 4 is 10.0 Å². The SMILES string of the molecule is O=S(=O)(NC1CC(c2ccccc2)C1)c1cn[nH]c1. The molecule has 2 N–H and O–H groups in total. The quantitative estimate of drug-likeness (QED) is 0.892. The minimum absolute atomic E-state index is 0.0186. The number of aromatic amines is 1. The van der Waals surface area contributed by atoms with Crippen LogP contribution in [0.3, 0.4) is 0 Å². The Bertz CT molecular complexity index is 632. The van der Waals surface area contributed by atoms with E-state index >= 15 is 0 Å². The molecule has 0 atom stereocenters. The molecule has 3 rings (SSSR count). The highest BCUT2D eigenvalue weighted by Gasteiger charge is 2.33. The van der Waals surface area contributed by atoms with E-state index in [2.05, 4.69) is 27.1 Å². The Hall–Kier alpha value is -1.66. The van der Waals surface area contributed by atoms with Crippen LogP contribution in [0.5, 0.6) is 0 Å². The first kappa shape index (κ1) is 12.4. The normalized spacial score (nSPS) is 22.9. The van der Waals surface area contributed by atoms with E-state index in [1.54, 1.807) is 0 Å². The molecule has 0 saturated heterocycles. The Morgan fingerprint density at radius 2 is 1.95 bits per heavy atom. The summed E-state index contributed by atoms with van der Waals surface area (Å²) < 4.78 is 26.6. The van der Waals surface area contributed by atoms with Gasteiger partial charge in [-0.05, 0) is 24.3 Å². The number of hydrogen-bond donors (Lipinski definition) is 2. The molecule has 6 heteroatoms. The lowest BCUT2D eigenvalue weighted by Gasteiger charge is -2.35. The van der Waals surface area contributed by atoms with Crippen LogP contribution < -0.4 is 4.72 Å². The van der Waals surface area contributed by atoms with Crippen molar-refractivity contribution in [2.24, 2.45) is 0 Å². The summed E-state index contributed by atoms with van der Waals surface area (Å²) in [6, 6.07) is 10.2. The average Bonchev–Trinajstić information content (AvgIpc) is 2.89. The molecule has 1 aromatic heterocycles. The Labute approximate surface area is 112 Å². The van der Waals surface area contributed by atoms with Crippen molar-refractivity contribution in [2.45, 2.75) is 29.7 Å². The van der Waals surface area contributed by atoms with Crippen LogP contribution in [0.4, 0.5) is 0 Å². The zero-order valence-electron chi connectivity index (χ0n) is 10.3. The topological polar surface area (TPSA) is 74.8 Å². The molecule has 2 aromatic rings. The van der Waals surface area contributed by atoms with E-state index in [1.165, 1.54) is 18.0 Å². The summed E-state index contributed by atoms with van der Waals surface area (Å²) in [6.07, 6.45) is 4.40. The zero-order valence-corrected chi connectivity index (χ0v) is 11.1. The van der Waals surface area contributed by atoms with Crippen molar-refractivity contribution < 1.29 is 8.42 Å². The molecule has 0 bridgehead atoms. The molecule has 0 amide bonds. The largest absolute Gasteiger partial charge is 0.284 e. The van der Waals surface area contributed by atoms with Gasteiger partial charge in [0.05, 0.1) is 6.20 Å². The van der Waals surface area contributed by atoms with Crippen LogP contribution in [0.1, 0.15) is 24.3 Å². The number of hydrogen-bond acceptors (Lipinski definition) is 3. The van der Waals surface area contributed by atoms with Crippen molar-refractivity contribution in [3.05, 3.63) is 48.3 Å². The number of nitrogens with one attached hydrogen (secondary N) is 2. The van der Waals surface area contributed by atoms with Gasteiger partial charge in [0.1, 0.15) is 4.90 Å². The van der Waals surface area contributed by atoms with E-state index in [0.29, 0.717) is 5.92 Å². The van der Waals surface area contributed by atoms with Crippen LogP contribution in [0, 0.1) is 0 Å². The van der Waals surface area contributed by atoms with Crippen molar-refractivity contribution in [2.75, 3.05) is 0 Å². The third kappa shape index (κ3) is 2.54. The Kier molecular flexibility index (Phi) is 3.12. The number of benzene rings is 1. The Morgan fingerprint density at radius 1 is 1.21 bits per heavy atom. The van der Waals surface area contributed by atoms with Gasteiger partial charge in [0.25, 0.3) is 0 Å². The summed E-state index contributed by atoms with van der Waals surface area (Å²) >= 11 is 0. The van der Waals surface area contributed by atoms with Gasteiger partial charge in [-0.25, -0.2) is 13.1 Å². The number of rotatable bonds is 4. The van der Waals surface area contributed by atoms with Crippen molar-refractivity contribution in [1.82, 2.24) is 14.9 Å². The van der Waals surface area contributed by atoms with Crippen molar-refractivity contribution in [3.63, 3.8) is 0 Å². The minimum Gasteiger partial charge on any atom is -0.284 e. The molecule has 19 heavy (non-hydrogen) atoms. The van der Waals surface area contributed by atoms with Gasteiger partial charge in [-0.1, -0.05) is 30.3 Å². The third-order valence-electron chi connectivity index (χ3n) is 3.51. The van der Waals surface area contributed by atoms with Gasteiger partial charge in [-0.2, -0.15) is 5.10 Å². The maximum atomic E-state index is 12.0. The summed E-state index contributed by atoms with van der Waals surface area (Å²) in [5, 5.41) is 6.17. The van der Waals surface area contributed by atoms with Crippen LogP contribution in [0.2, 0.25) is 0 Å². The molecule has 0 radical (unpaired) electrons. The van der Waals surface area contributed by atoms with Crippen LogP contribution >= 0.6 is 0 Å². The third-order valence-corrected chi connectivity index (χ3v) is 5.00. The summed E-state index contributed by atoms with van der Waals surface area (Å²) in [7, 11) is -3.43. The first-order valence-electron chi connectivity index (χ1n) is 6.21. The maximum absolute atomic E-state index is 12.0. The van der Waals surface area contributed by atoms with Gasteiger partial charge in [0.2, 0.25) is 10.0 Å². The molecule has 1 aliphatic carbocycles. The molecule has 1 aromatic carbocycles. The molecule has 0 spiro atoms. The second-order valence-corrected chi connectivity index (χ2v) is 6.55. The van der Waals surface area contributed by atoms with E-state index in [0.717, 1.165) is 12.8 Å². The smallest absolute Gasteiger partial charge is 0.243 e. The fourth-order valence-corrected chi connectivity index (χ4v) is 3.55. The molecule has 100 valence electrons. The van der Waals surface area contributed by atoms with Crippen LogP contribution in [0.25, 0.3) is 0 Å². The van der Waals surface area contributed by atoms with Crippen LogP contribution in [-0.2, 0) is 10.0 Å². The highest BCUT2D eigenvalue weighted by Crippen LogP contribution is 2.37. The molecule has 1 aliphatic rings. The highest BCUT2D eigenvalue weighted by molar-refractivity contribution is 7.89. The number of aromatic nitrogens is 2.